The normalized spacial score (nSPS) is 9.64. The van der Waals surface area contributed by atoms with Gasteiger partial charge in [0.05, 0.1) is 7.11 Å². The Labute approximate surface area is 94.2 Å². The Morgan fingerprint density at radius 1 is 1.29 bits per heavy atom. The summed E-state index contributed by atoms with van der Waals surface area (Å²) >= 11 is 6.75. The van der Waals surface area contributed by atoms with Crippen LogP contribution in [0, 0.1) is 0 Å². The van der Waals surface area contributed by atoms with Gasteiger partial charge >= 0.3 is 0 Å². The van der Waals surface area contributed by atoms with Crippen molar-refractivity contribution in [2.75, 3.05) is 21.2 Å². The van der Waals surface area contributed by atoms with E-state index < -0.39 is 0 Å². The van der Waals surface area contributed by atoms with Crippen LogP contribution in [-0.2, 0) is 0 Å². The fourth-order valence-electron chi connectivity index (χ4n) is 0.836. The lowest BCUT2D eigenvalue weighted by molar-refractivity contribution is 0.414. The summed E-state index contributed by atoms with van der Waals surface area (Å²) in [5.41, 5.74) is 0. The van der Waals surface area contributed by atoms with E-state index in [9.17, 15) is 0 Å². The van der Waals surface area contributed by atoms with Crippen LogP contribution >= 0.6 is 24.0 Å². The van der Waals surface area contributed by atoms with Gasteiger partial charge in [0.1, 0.15) is 10.1 Å². The van der Waals surface area contributed by atoms with Crippen molar-refractivity contribution in [1.29, 1.82) is 0 Å². The van der Waals surface area contributed by atoms with E-state index in [0.717, 1.165) is 15.0 Å². The first-order chi connectivity index (χ1) is 6.63. The maximum atomic E-state index is 5.18. The van der Waals surface area contributed by atoms with Crippen molar-refractivity contribution >= 4 is 28.3 Å². The van der Waals surface area contributed by atoms with Gasteiger partial charge in [0, 0.05) is 19.0 Å². The second-order valence-corrected chi connectivity index (χ2v) is 4.65. The Morgan fingerprint density at radius 2 is 1.86 bits per heavy atom. The lowest BCUT2D eigenvalue weighted by Crippen LogP contribution is -2.15. The van der Waals surface area contributed by atoms with Gasteiger partial charge in [-0.2, -0.15) is 0 Å². The number of hydrogen-bond donors (Lipinski definition) is 0. The third-order valence-corrected chi connectivity index (χ3v) is 3.29. The van der Waals surface area contributed by atoms with Gasteiger partial charge in [-0.1, -0.05) is 24.0 Å². The zero-order chi connectivity index (χ0) is 10.6. The molecule has 0 bridgehead atoms. The molecule has 0 saturated carbocycles. The molecule has 14 heavy (non-hydrogen) atoms. The molecule has 0 spiro atoms. The molecule has 0 unspecified atom stereocenters. The first-order valence-corrected chi connectivity index (χ1v) is 5.39. The molecule has 0 heterocycles. The number of hydrogen-bond acceptors (Lipinski definition) is 3. The first kappa shape index (κ1) is 11.3. The molecule has 4 heteroatoms. The number of thiocarbonyl (C=S) groups is 1. The number of nitrogens with zero attached hydrogens (tertiary/aromatic N) is 1. The fraction of sp³-hybridized carbons (Fsp3) is 0.300. The van der Waals surface area contributed by atoms with E-state index in [0.29, 0.717) is 0 Å². The van der Waals surface area contributed by atoms with E-state index in [1.807, 2.05) is 43.3 Å². The summed E-state index contributed by atoms with van der Waals surface area (Å²) in [6.07, 6.45) is 0. The topological polar surface area (TPSA) is 12.5 Å². The van der Waals surface area contributed by atoms with Crippen molar-refractivity contribution in [2.24, 2.45) is 0 Å². The second kappa shape index (κ2) is 5.22. The molecule has 0 fully saturated rings. The molecule has 0 radical (unpaired) electrons. The smallest absolute Gasteiger partial charge is 0.140 e. The SMILES string of the molecule is COc1ccc(SC(=S)N(C)C)cc1. The molecule has 0 N–H and O–H groups in total. The van der Waals surface area contributed by atoms with Crippen LogP contribution in [0.4, 0.5) is 0 Å². The van der Waals surface area contributed by atoms with Crippen molar-refractivity contribution in [3.05, 3.63) is 24.3 Å². The fourth-order valence-corrected chi connectivity index (χ4v) is 1.78. The Kier molecular flexibility index (Phi) is 4.22. The summed E-state index contributed by atoms with van der Waals surface area (Å²) in [7, 11) is 5.55. The van der Waals surface area contributed by atoms with Crippen LogP contribution in [0.3, 0.4) is 0 Å². The van der Waals surface area contributed by atoms with Crippen LogP contribution < -0.4 is 4.74 Å². The lowest BCUT2D eigenvalue weighted by atomic mass is 10.3. The number of methoxy groups -OCH3 is 1. The molecule has 0 atom stereocenters. The Morgan fingerprint density at radius 3 is 2.29 bits per heavy atom. The average molecular weight is 227 g/mol. The van der Waals surface area contributed by atoms with Gasteiger partial charge < -0.3 is 9.64 Å². The van der Waals surface area contributed by atoms with Crippen molar-refractivity contribution in [3.8, 4) is 5.75 Å². The summed E-state index contributed by atoms with van der Waals surface area (Å²) in [5.74, 6) is 0.866. The summed E-state index contributed by atoms with van der Waals surface area (Å²) in [6.45, 7) is 0. The zero-order valence-electron chi connectivity index (χ0n) is 8.48. The summed E-state index contributed by atoms with van der Waals surface area (Å²) in [4.78, 5) is 3.05. The molecular formula is C10H13NOS2. The van der Waals surface area contributed by atoms with Gasteiger partial charge in [-0.15, -0.1) is 0 Å². The second-order valence-electron chi connectivity index (χ2n) is 2.94. The maximum absolute atomic E-state index is 5.18. The highest BCUT2D eigenvalue weighted by atomic mass is 32.2. The van der Waals surface area contributed by atoms with Crippen molar-refractivity contribution < 1.29 is 4.74 Å². The molecule has 1 aromatic rings. The first-order valence-electron chi connectivity index (χ1n) is 4.16. The van der Waals surface area contributed by atoms with Crippen LogP contribution in [0.2, 0.25) is 0 Å². The molecule has 0 aliphatic rings. The molecule has 0 saturated heterocycles. The van der Waals surface area contributed by atoms with Gasteiger partial charge in [-0.05, 0) is 24.3 Å². The molecule has 0 aromatic heterocycles. The van der Waals surface area contributed by atoms with Crippen LogP contribution in [0.25, 0.3) is 0 Å². The van der Waals surface area contributed by atoms with E-state index in [1.54, 1.807) is 18.9 Å². The van der Waals surface area contributed by atoms with Gasteiger partial charge in [-0.25, -0.2) is 0 Å². The highest BCUT2D eigenvalue weighted by molar-refractivity contribution is 8.22. The predicted octanol–water partition coefficient (Wildman–Crippen LogP) is 2.63. The van der Waals surface area contributed by atoms with Crippen molar-refractivity contribution in [1.82, 2.24) is 4.90 Å². The van der Waals surface area contributed by atoms with Gasteiger partial charge in [0.25, 0.3) is 0 Å². The minimum atomic E-state index is 0.857. The molecule has 0 amide bonds. The summed E-state index contributed by atoms with van der Waals surface area (Å²) in [6, 6.07) is 7.86. The highest BCUT2D eigenvalue weighted by Crippen LogP contribution is 2.23. The lowest BCUT2D eigenvalue weighted by Gasteiger charge is -2.12. The largest absolute Gasteiger partial charge is 0.497 e. The van der Waals surface area contributed by atoms with Crippen LogP contribution in [0.1, 0.15) is 0 Å². The standard InChI is InChI=1S/C10H13NOS2/c1-11(2)10(13)14-9-6-4-8(12-3)5-7-9/h4-7H,1-3H3. The molecule has 0 aliphatic heterocycles. The Hall–Kier alpha value is -0.740. The maximum Gasteiger partial charge on any atom is 0.140 e. The monoisotopic (exact) mass is 227 g/mol. The summed E-state index contributed by atoms with van der Waals surface area (Å²) < 4.78 is 5.93. The minimum Gasteiger partial charge on any atom is -0.497 e. The molecular weight excluding hydrogens is 214 g/mol. The van der Waals surface area contributed by atoms with Gasteiger partial charge in [0.15, 0.2) is 0 Å². The molecule has 0 aliphatic carbocycles. The number of thioether (sulfide) groups is 1. The number of ether oxygens (including phenoxy) is 1. The Bertz CT molecular complexity index is 308. The van der Waals surface area contributed by atoms with E-state index in [1.165, 1.54) is 0 Å². The van der Waals surface area contributed by atoms with Gasteiger partial charge in [0.2, 0.25) is 0 Å². The molecule has 1 rings (SSSR count). The van der Waals surface area contributed by atoms with Crippen LogP contribution in [0.15, 0.2) is 29.2 Å². The van der Waals surface area contributed by atoms with Gasteiger partial charge in [-0.3, -0.25) is 0 Å². The van der Waals surface area contributed by atoms with E-state index >= 15 is 0 Å². The van der Waals surface area contributed by atoms with Crippen molar-refractivity contribution in [2.45, 2.75) is 4.90 Å². The molecule has 2 nitrogen and oxygen atoms in total. The quantitative estimate of drug-likeness (QED) is 0.568. The van der Waals surface area contributed by atoms with Crippen molar-refractivity contribution in [3.63, 3.8) is 0 Å². The van der Waals surface area contributed by atoms with Crippen LogP contribution in [0.5, 0.6) is 5.75 Å². The Balaban J connectivity index is 2.64. The third kappa shape index (κ3) is 3.20. The number of benzene rings is 1. The third-order valence-electron chi connectivity index (χ3n) is 1.63. The van der Waals surface area contributed by atoms with Crippen LogP contribution in [-0.4, -0.2) is 30.4 Å². The molecule has 1 aromatic carbocycles. The number of rotatable bonds is 2. The van der Waals surface area contributed by atoms with E-state index in [-0.39, 0.29) is 0 Å². The minimum absolute atomic E-state index is 0.857. The molecule has 76 valence electrons. The summed E-state index contributed by atoms with van der Waals surface area (Å²) in [5, 5.41) is 0. The average Bonchev–Trinajstić information content (AvgIpc) is 2.19. The van der Waals surface area contributed by atoms with E-state index in [2.05, 4.69) is 0 Å². The predicted molar refractivity (Wildman–Crippen MR) is 65.1 cm³/mol. The van der Waals surface area contributed by atoms with E-state index in [4.69, 9.17) is 17.0 Å². The zero-order valence-corrected chi connectivity index (χ0v) is 10.1. The highest BCUT2D eigenvalue weighted by Gasteiger charge is 2.01.